The van der Waals surface area contributed by atoms with Crippen molar-refractivity contribution in [2.75, 3.05) is 0 Å². The average molecular weight is 341 g/mol. The summed E-state index contributed by atoms with van der Waals surface area (Å²) in [4.78, 5) is 10.4. The van der Waals surface area contributed by atoms with Crippen molar-refractivity contribution in [3.63, 3.8) is 0 Å². The van der Waals surface area contributed by atoms with E-state index >= 15 is 0 Å². The monoisotopic (exact) mass is 340 g/mol. The molecule has 0 saturated heterocycles. The number of carbonyl (C=O) groups is 1. The van der Waals surface area contributed by atoms with E-state index in [9.17, 15) is 9.90 Å². The van der Waals surface area contributed by atoms with Crippen molar-refractivity contribution in [3.05, 3.63) is 12.2 Å². The Kier molecular flexibility index (Phi) is 17.9. The number of hydrogen-bond acceptors (Lipinski definition) is 2. The van der Waals surface area contributed by atoms with Crippen LogP contribution in [0.2, 0.25) is 0 Å². The van der Waals surface area contributed by atoms with E-state index in [1.165, 1.54) is 57.8 Å². The topological polar surface area (TPSA) is 57.5 Å². The molecule has 0 saturated carbocycles. The minimum absolute atomic E-state index is 0.242. The summed E-state index contributed by atoms with van der Waals surface area (Å²) in [5.74, 6) is -0.668. The third-order valence-corrected chi connectivity index (χ3v) is 4.47. The van der Waals surface area contributed by atoms with Crippen LogP contribution in [-0.4, -0.2) is 22.3 Å². The lowest BCUT2D eigenvalue weighted by molar-refractivity contribution is -0.137. The van der Waals surface area contributed by atoms with Crippen LogP contribution < -0.4 is 0 Å². The van der Waals surface area contributed by atoms with E-state index in [0.29, 0.717) is 6.42 Å². The second kappa shape index (κ2) is 18.5. The third kappa shape index (κ3) is 19.2. The number of rotatable bonds is 18. The maximum atomic E-state index is 10.4. The Balaban J connectivity index is 3.15. The zero-order valence-electron chi connectivity index (χ0n) is 15.8. The quantitative estimate of drug-likeness (QED) is 0.229. The highest BCUT2D eigenvalue weighted by Crippen LogP contribution is 2.13. The normalized spacial score (nSPS) is 12.8. The Morgan fingerprint density at radius 1 is 0.833 bits per heavy atom. The molecule has 0 amide bonds. The predicted molar refractivity (Wildman–Crippen MR) is 102 cm³/mol. The van der Waals surface area contributed by atoms with Crippen molar-refractivity contribution < 1.29 is 15.0 Å². The van der Waals surface area contributed by atoms with Crippen LogP contribution in [0.5, 0.6) is 0 Å². The molecule has 0 aliphatic rings. The maximum Gasteiger partial charge on any atom is 0.303 e. The number of carboxylic acid groups (broad SMARTS) is 1. The van der Waals surface area contributed by atoms with Gasteiger partial charge < -0.3 is 10.2 Å². The molecular weight excluding hydrogens is 300 g/mol. The van der Waals surface area contributed by atoms with Gasteiger partial charge in [-0.1, -0.05) is 89.7 Å². The molecular formula is C21H40O3. The van der Waals surface area contributed by atoms with Crippen LogP contribution in [0.25, 0.3) is 0 Å². The van der Waals surface area contributed by atoms with E-state index in [1.54, 1.807) is 0 Å². The highest BCUT2D eigenvalue weighted by atomic mass is 16.4. The summed E-state index contributed by atoms with van der Waals surface area (Å²) in [6.07, 6.45) is 21.9. The van der Waals surface area contributed by atoms with Gasteiger partial charge in [0.25, 0.3) is 0 Å². The van der Waals surface area contributed by atoms with Gasteiger partial charge in [-0.2, -0.15) is 0 Å². The van der Waals surface area contributed by atoms with Crippen molar-refractivity contribution in [1.82, 2.24) is 0 Å². The minimum atomic E-state index is -0.668. The number of aliphatic hydroxyl groups excluding tert-OH is 1. The number of unbranched alkanes of at least 4 members (excludes halogenated alkanes) is 12. The van der Waals surface area contributed by atoms with Crippen molar-refractivity contribution in [2.24, 2.45) is 0 Å². The molecule has 0 aliphatic heterocycles. The molecule has 142 valence electrons. The van der Waals surface area contributed by atoms with E-state index in [4.69, 9.17) is 5.11 Å². The number of allylic oxidation sites excluding steroid dienone is 1. The van der Waals surface area contributed by atoms with Crippen molar-refractivity contribution >= 4 is 5.97 Å². The molecule has 2 N–H and O–H groups in total. The Morgan fingerprint density at radius 3 is 1.83 bits per heavy atom. The maximum absolute atomic E-state index is 10.4. The van der Waals surface area contributed by atoms with Gasteiger partial charge in [0.05, 0.1) is 6.10 Å². The SMILES string of the molecule is CCCC[C@@H](O)/C=C\CCCCCCCCCCCCCC(=O)O. The lowest BCUT2D eigenvalue weighted by Gasteiger charge is -2.03. The van der Waals surface area contributed by atoms with E-state index in [2.05, 4.69) is 13.0 Å². The van der Waals surface area contributed by atoms with Gasteiger partial charge in [-0.25, -0.2) is 0 Å². The minimum Gasteiger partial charge on any atom is -0.481 e. The summed E-state index contributed by atoms with van der Waals surface area (Å²) in [6.45, 7) is 2.15. The van der Waals surface area contributed by atoms with Gasteiger partial charge >= 0.3 is 5.97 Å². The van der Waals surface area contributed by atoms with Gasteiger partial charge in [-0.05, 0) is 25.7 Å². The van der Waals surface area contributed by atoms with Gasteiger partial charge in [-0.15, -0.1) is 0 Å². The standard InChI is InChI=1S/C21H40O3/c1-2-3-17-20(22)18-15-13-11-9-7-5-4-6-8-10-12-14-16-19-21(23)24/h15,18,20,22H,2-14,16-17,19H2,1H3,(H,23,24)/b18-15-/t20-/m1/s1. The second-order valence-electron chi connectivity index (χ2n) is 6.96. The van der Waals surface area contributed by atoms with Gasteiger partial charge in [0.2, 0.25) is 0 Å². The summed E-state index contributed by atoms with van der Waals surface area (Å²) < 4.78 is 0. The third-order valence-electron chi connectivity index (χ3n) is 4.47. The number of aliphatic carboxylic acids is 1. The fraction of sp³-hybridized carbons (Fsp3) is 0.857. The summed E-state index contributed by atoms with van der Waals surface area (Å²) in [5.41, 5.74) is 0. The largest absolute Gasteiger partial charge is 0.481 e. The second-order valence-corrected chi connectivity index (χ2v) is 6.96. The first-order valence-electron chi connectivity index (χ1n) is 10.2. The van der Waals surface area contributed by atoms with E-state index in [0.717, 1.165) is 38.5 Å². The predicted octanol–water partition coefficient (Wildman–Crippen LogP) is 6.25. The first kappa shape index (κ1) is 23.2. The van der Waals surface area contributed by atoms with Crippen molar-refractivity contribution in [1.29, 1.82) is 0 Å². The summed E-state index contributed by atoms with van der Waals surface area (Å²) in [6, 6.07) is 0. The van der Waals surface area contributed by atoms with Gasteiger partial charge in [0, 0.05) is 6.42 Å². The van der Waals surface area contributed by atoms with Crippen LogP contribution in [-0.2, 0) is 4.79 Å². The van der Waals surface area contributed by atoms with Crippen molar-refractivity contribution in [3.8, 4) is 0 Å². The molecule has 0 unspecified atom stereocenters. The summed E-state index contributed by atoms with van der Waals surface area (Å²) >= 11 is 0. The fourth-order valence-electron chi connectivity index (χ4n) is 2.89. The molecule has 24 heavy (non-hydrogen) atoms. The molecule has 0 aromatic heterocycles. The number of hydrogen-bond donors (Lipinski definition) is 2. The van der Waals surface area contributed by atoms with Crippen LogP contribution in [0.3, 0.4) is 0 Å². The first-order valence-corrected chi connectivity index (χ1v) is 10.2. The number of carboxylic acids is 1. The lowest BCUT2D eigenvalue weighted by Crippen LogP contribution is -2.00. The molecule has 0 fully saturated rings. The molecule has 0 bridgehead atoms. The number of aliphatic hydroxyl groups is 1. The molecule has 0 spiro atoms. The lowest BCUT2D eigenvalue weighted by atomic mass is 10.0. The summed E-state index contributed by atoms with van der Waals surface area (Å²) in [7, 11) is 0. The van der Waals surface area contributed by atoms with Crippen LogP contribution in [0.4, 0.5) is 0 Å². The van der Waals surface area contributed by atoms with E-state index < -0.39 is 5.97 Å². The van der Waals surface area contributed by atoms with Crippen molar-refractivity contribution in [2.45, 2.75) is 116 Å². The Bertz CT molecular complexity index is 299. The zero-order valence-corrected chi connectivity index (χ0v) is 15.8. The molecule has 3 nitrogen and oxygen atoms in total. The van der Waals surface area contributed by atoms with Crippen LogP contribution in [0.15, 0.2) is 12.2 Å². The highest BCUT2D eigenvalue weighted by molar-refractivity contribution is 5.66. The van der Waals surface area contributed by atoms with E-state index in [1.807, 2.05) is 6.08 Å². The van der Waals surface area contributed by atoms with Crippen LogP contribution >= 0.6 is 0 Å². The van der Waals surface area contributed by atoms with E-state index in [-0.39, 0.29) is 6.10 Å². The van der Waals surface area contributed by atoms with Gasteiger partial charge in [0.1, 0.15) is 0 Å². The Labute approximate surface area is 149 Å². The Hall–Kier alpha value is -0.830. The molecule has 0 radical (unpaired) electrons. The molecule has 0 aliphatic carbocycles. The first-order chi connectivity index (χ1) is 11.7. The Morgan fingerprint density at radius 2 is 1.33 bits per heavy atom. The molecule has 1 atom stereocenters. The molecule has 0 aromatic rings. The van der Waals surface area contributed by atoms with Crippen LogP contribution in [0, 0.1) is 0 Å². The smallest absolute Gasteiger partial charge is 0.303 e. The molecule has 0 aromatic carbocycles. The van der Waals surface area contributed by atoms with Gasteiger partial charge in [-0.3, -0.25) is 4.79 Å². The zero-order chi connectivity index (χ0) is 17.9. The summed E-state index contributed by atoms with van der Waals surface area (Å²) in [5, 5.41) is 18.2. The fourth-order valence-corrected chi connectivity index (χ4v) is 2.89. The average Bonchev–Trinajstić information content (AvgIpc) is 2.56. The molecule has 0 heterocycles. The van der Waals surface area contributed by atoms with Gasteiger partial charge in [0.15, 0.2) is 0 Å². The van der Waals surface area contributed by atoms with Crippen LogP contribution in [0.1, 0.15) is 110 Å². The molecule has 0 rings (SSSR count). The molecule has 3 heteroatoms. The highest BCUT2D eigenvalue weighted by Gasteiger charge is 1.98.